The van der Waals surface area contributed by atoms with Crippen LogP contribution in [0.5, 0.6) is 5.75 Å². The van der Waals surface area contributed by atoms with Crippen molar-refractivity contribution in [2.45, 2.75) is 19.4 Å². The molecule has 150 valence electrons. The van der Waals surface area contributed by atoms with Crippen molar-refractivity contribution in [1.82, 2.24) is 10.2 Å². The number of morpholine rings is 1. The monoisotopic (exact) mass is 406 g/mol. The van der Waals surface area contributed by atoms with Gasteiger partial charge in [-0.05, 0) is 43.0 Å². The van der Waals surface area contributed by atoms with E-state index in [1.54, 1.807) is 16.2 Å². The number of rotatable bonds is 7. The fraction of sp³-hybridized carbons (Fsp3) is 0.400. The first-order valence-electron chi connectivity index (χ1n) is 9.13. The molecule has 0 radical (unpaired) electrons. The summed E-state index contributed by atoms with van der Waals surface area (Å²) in [6, 6.07) is 7.75. The number of hydrogen-bond donors (Lipinski definition) is 1. The standard InChI is InChI=1S/C20H23FN2O4S/c1-14(24)18-11-15(21)4-5-19(18)27-13-16-12-23(8-9-26-16)20(25)22-7-6-17-3-2-10-28-17/h2-5,10-11,16H,6-9,12-13H2,1H3,(H,22,25). The van der Waals surface area contributed by atoms with Crippen LogP contribution in [-0.4, -0.2) is 55.7 Å². The van der Waals surface area contributed by atoms with Crippen molar-refractivity contribution in [3.05, 3.63) is 52.0 Å². The van der Waals surface area contributed by atoms with Crippen LogP contribution >= 0.6 is 11.3 Å². The number of nitrogens with one attached hydrogen (secondary N) is 1. The molecule has 1 saturated heterocycles. The molecule has 28 heavy (non-hydrogen) atoms. The molecule has 0 spiro atoms. The fourth-order valence-electron chi connectivity index (χ4n) is 2.95. The number of Topliss-reactive ketones (excluding diaryl/α,β-unsaturated/α-hetero) is 1. The predicted octanol–water partition coefficient (Wildman–Crippen LogP) is 3.12. The molecule has 1 aliphatic heterocycles. The van der Waals surface area contributed by atoms with E-state index in [1.165, 1.54) is 23.9 Å². The van der Waals surface area contributed by atoms with Crippen LogP contribution < -0.4 is 10.1 Å². The molecule has 8 heteroatoms. The number of carbonyl (C=O) groups is 2. The first-order valence-corrected chi connectivity index (χ1v) is 10.0. The predicted molar refractivity (Wildman–Crippen MR) is 105 cm³/mol. The van der Waals surface area contributed by atoms with Crippen LogP contribution in [0.2, 0.25) is 0 Å². The van der Waals surface area contributed by atoms with Crippen LogP contribution in [-0.2, 0) is 11.2 Å². The summed E-state index contributed by atoms with van der Waals surface area (Å²) in [5.74, 6) is -0.447. The molecular formula is C20H23FN2O4S. The molecule has 1 aromatic carbocycles. The zero-order valence-electron chi connectivity index (χ0n) is 15.7. The van der Waals surface area contributed by atoms with E-state index in [2.05, 4.69) is 5.32 Å². The second-order valence-corrected chi connectivity index (χ2v) is 7.54. The van der Waals surface area contributed by atoms with Gasteiger partial charge in [0, 0.05) is 18.0 Å². The summed E-state index contributed by atoms with van der Waals surface area (Å²) in [7, 11) is 0. The third kappa shape index (κ3) is 5.53. The van der Waals surface area contributed by atoms with Crippen molar-refractivity contribution in [1.29, 1.82) is 0 Å². The molecule has 0 aliphatic carbocycles. The average molecular weight is 406 g/mol. The van der Waals surface area contributed by atoms with Gasteiger partial charge in [0.05, 0.1) is 18.7 Å². The third-order valence-electron chi connectivity index (χ3n) is 4.40. The summed E-state index contributed by atoms with van der Waals surface area (Å²) in [6.07, 6.45) is 0.486. The lowest BCUT2D eigenvalue weighted by Gasteiger charge is -2.33. The number of benzene rings is 1. The Balaban J connectivity index is 1.48. The Bertz CT molecular complexity index is 813. The van der Waals surface area contributed by atoms with E-state index < -0.39 is 5.82 Å². The van der Waals surface area contributed by atoms with E-state index in [9.17, 15) is 14.0 Å². The largest absolute Gasteiger partial charge is 0.490 e. The van der Waals surface area contributed by atoms with E-state index >= 15 is 0 Å². The highest BCUT2D eigenvalue weighted by Gasteiger charge is 2.25. The van der Waals surface area contributed by atoms with E-state index in [0.717, 1.165) is 12.5 Å². The van der Waals surface area contributed by atoms with Crippen molar-refractivity contribution in [3.63, 3.8) is 0 Å². The van der Waals surface area contributed by atoms with Gasteiger partial charge in [0.25, 0.3) is 0 Å². The molecule has 1 aromatic heterocycles. The summed E-state index contributed by atoms with van der Waals surface area (Å²) in [5.41, 5.74) is 0.194. The smallest absolute Gasteiger partial charge is 0.317 e. The quantitative estimate of drug-likeness (QED) is 0.718. The van der Waals surface area contributed by atoms with E-state index in [4.69, 9.17) is 9.47 Å². The van der Waals surface area contributed by atoms with Gasteiger partial charge in [-0.2, -0.15) is 0 Å². The molecule has 2 heterocycles. The molecule has 6 nitrogen and oxygen atoms in total. The lowest BCUT2D eigenvalue weighted by atomic mass is 10.1. The minimum absolute atomic E-state index is 0.129. The van der Waals surface area contributed by atoms with E-state index in [1.807, 2.05) is 17.5 Å². The van der Waals surface area contributed by atoms with Gasteiger partial charge in [0.2, 0.25) is 0 Å². The maximum absolute atomic E-state index is 13.4. The highest BCUT2D eigenvalue weighted by molar-refractivity contribution is 7.09. The number of amides is 2. The number of carbonyl (C=O) groups excluding carboxylic acids is 2. The average Bonchev–Trinajstić information content (AvgIpc) is 3.20. The molecule has 1 aliphatic rings. The van der Waals surface area contributed by atoms with Gasteiger partial charge in [-0.1, -0.05) is 6.07 Å². The molecule has 1 fully saturated rings. The summed E-state index contributed by atoms with van der Waals surface area (Å²) >= 11 is 1.67. The normalized spacial score (nSPS) is 16.6. The van der Waals surface area contributed by atoms with E-state index in [-0.39, 0.29) is 30.1 Å². The first kappa shape index (κ1) is 20.3. The van der Waals surface area contributed by atoms with Gasteiger partial charge in [-0.15, -0.1) is 11.3 Å². The minimum Gasteiger partial charge on any atom is -0.490 e. The van der Waals surface area contributed by atoms with Crippen LogP contribution in [0.4, 0.5) is 9.18 Å². The van der Waals surface area contributed by atoms with Crippen molar-refractivity contribution >= 4 is 23.2 Å². The summed E-state index contributed by atoms with van der Waals surface area (Å²) in [5, 5.41) is 4.94. The van der Waals surface area contributed by atoms with Crippen molar-refractivity contribution in [3.8, 4) is 5.75 Å². The Labute approximate surface area is 167 Å². The highest BCUT2D eigenvalue weighted by atomic mass is 32.1. The lowest BCUT2D eigenvalue weighted by Crippen LogP contribution is -2.51. The zero-order valence-corrected chi connectivity index (χ0v) is 16.5. The van der Waals surface area contributed by atoms with Gasteiger partial charge in [0.1, 0.15) is 24.3 Å². The second kappa shape index (κ2) is 9.66. The van der Waals surface area contributed by atoms with Gasteiger partial charge in [-0.3, -0.25) is 4.79 Å². The Kier molecular flexibility index (Phi) is 7.00. The number of ketones is 1. The Hall–Kier alpha value is -2.45. The van der Waals surface area contributed by atoms with Gasteiger partial charge in [0.15, 0.2) is 5.78 Å². The second-order valence-electron chi connectivity index (χ2n) is 6.51. The maximum atomic E-state index is 13.4. The van der Waals surface area contributed by atoms with Crippen LogP contribution in [0.1, 0.15) is 22.2 Å². The molecule has 2 amide bonds. The molecule has 1 atom stereocenters. The zero-order chi connectivity index (χ0) is 19.9. The summed E-state index contributed by atoms with van der Waals surface area (Å²) in [4.78, 5) is 26.9. The molecule has 1 N–H and O–H groups in total. The van der Waals surface area contributed by atoms with Crippen LogP contribution in [0.15, 0.2) is 35.7 Å². The lowest BCUT2D eigenvalue weighted by molar-refractivity contribution is -0.0352. The van der Waals surface area contributed by atoms with Gasteiger partial charge in [-0.25, -0.2) is 9.18 Å². The summed E-state index contributed by atoms with van der Waals surface area (Å²) < 4.78 is 24.7. The molecule has 2 aromatic rings. The molecule has 3 rings (SSSR count). The molecule has 0 bridgehead atoms. The van der Waals surface area contributed by atoms with Crippen LogP contribution in [0, 0.1) is 5.82 Å². The minimum atomic E-state index is -0.489. The van der Waals surface area contributed by atoms with Crippen molar-refractivity contribution in [2.24, 2.45) is 0 Å². The van der Waals surface area contributed by atoms with Crippen molar-refractivity contribution < 1.29 is 23.5 Å². The Morgan fingerprint density at radius 3 is 3.00 bits per heavy atom. The Morgan fingerprint density at radius 1 is 1.39 bits per heavy atom. The van der Waals surface area contributed by atoms with Crippen molar-refractivity contribution in [2.75, 3.05) is 32.8 Å². The number of urea groups is 1. The number of halogens is 1. The maximum Gasteiger partial charge on any atom is 0.317 e. The fourth-order valence-corrected chi connectivity index (χ4v) is 3.66. The van der Waals surface area contributed by atoms with Gasteiger partial charge >= 0.3 is 6.03 Å². The topological polar surface area (TPSA) is 67.9 Å². The molecular weight excluding hydrogens is 383 g/mol. The van der Waals surface area contributed by atoms with Crippen LogP contribution in [0.25, 0.3) is 0 Å². The van der Waals surface area contributed by atoms with Crippen LogP contribution in [0.3, 0.4) is 0 Å². The first-order chi connectivity index (χ1) is 13.5. The highest BCUT2D eigenvalue weighted by Crippen LogP contribution is 2.21. The number of hydrogen-bond acceptors (Lipinski definition) is 5. The number of ether oxygens (including phenoxy) is 2. The number of thiophene rings is 1. The third-order valence-corrected chi connectivity index (χ3v) is 5.34. The molecule has 1 unspecified atom stereocenters. The number of nitrogens with zero attached hydrogens (tertiary/aromatic N) is 1. The van der Waals surface area contributed by atoms with E-state index in [0.29, 0.717) is 32.0 Å². The molecule has 0 saturated carbocycles. The Morgan fingerprint density at radius 2 is 2.25 bits per heavy atom. The summed E-state index contributed by atoms with van der Waals surface area (Å²) in [6.45, 7) is 3.43. The van der Waals surface area contributed by atoms with Gasteiger partial charge < -0.3 is 19.7 Å². The SMILES string of the molecule is CC(=O)c1cc(F)ccc1OCC1CN(C(=O)NCCc2cccs2)CCO1.